The minimum atomic E-state index is -4.94. The largest absolute Gasteiger partial charge is 0.471 e. The van der Waals surface area contributed by atoms with Gasteiger partial charge in [0.15, 0.2) is 0 Å². The van der Waals surface area contributed by atoms with Crippen LogP contribution in [0.15, 0.2) is 24.3 Å². The van der Waals surface area contributed by atoms with Gasteiger partial charge < -0.3 is 0 Å². The first-order valence-electron chi connectivity index (χ1n) is 5.15. The summed E-state index contributed by atoms with van der Waals surface area (Å²) in [5.74, 6) is -2.06. The summed E-state index contributed by atoms with van der Waals surface area (Å²) in [7, 11) is 0. The van der Waals surface area contributed by atoms with Crippen molar-refractivity contribution >= 4 is 22.4 Å². The van der Waals surface area contributed by atoms with Crippen LogP contribution in [0.4, 0.5) is 18.3 Å². The van der Waals surface area contributed by atoms with Gasteiger partial charge in [-0.3, -0.25) is 10.1 Å². The molecule has 8 heteroatoms. The Bertz CT molecular complexity index is 609. The highest BCUT2D eigenvalue weighted by Gasteiger charge is 2.39. The van der Waals surface area contributed by atoms with E-state index in [0.717, 1.165) is 22.5 Å². The summed E-state index contributed by atoms with van der Waals surface area (Å²) in [4.78, 5) is 10.7. The second-order valence-corrected chi connectivity index (χ2v) is 4.71. The third kappa shape index (κ3) is 3.28. The fourth-order valence-corrected chi connectivity index (χ4v) is 2.07. The third-order valence-corrected chi connectivity index (χ3v) is 3.06. The van der Waals surface area contributed by atoms with E-state index in [4.69, 9.17) is 0 Å². The van der Waals surface area contributed by atoms with Crippen LogP contribution in [0.25, 0.3) is 10.6 Å². The zero-order valence-electron chi connectivity index (χ0n) is 9.65. The number of nitrogens with one attached hydrogen (secondary N) is 1. The average molecular weight is 287 g/mol. The predicted molar refractivity (Wildman–Crippen MR) is 64.8 cm³/mol. The summed E-state index contributed by atoms with van der Waals surface area (Å²) in [5, 5.41) is 9.19. The maximum absolute atomic E-state index is 12.1. The molecule has 19 heavy (non-hydrogen) atoms. The molecule has 0 spiro atoms. The van der Waals surface area contributed by atoms with Gasteiger partial charge in [-0.15, -0.1) is 10.2 Å². The van der Waals surface area contributed by atoms with Gasteiger partial charge in [-0.05, 0) is 13.0 Å². The van der Waals surface area contributed by atoms with Crippen molar-refractivity contribution in [2.45, 2.75) is 13.1 Å². The molecule has 2 aromatic rings. The van der Waals surface area contributed by atoms with E-state index in [1.165, 1.54) is 0 Å². The number of hydrogen-bond acceptors (Lipinski definition) is 4. The summed E-state index contributed by atoms with van der Waals surface area (Å²) in [5.41, 5.74) is 1.73. The van der Waals surface area contributed by atoms with Crippen LogP contribution in [0.5, 0.6) is 0 Å². The lowest BCUT2D eigenvalue weighted by atomic mass is 10.1. The van der Waals surface area contributed by atoms with Crippen LogP contribution in [-0.4, -0.2) is 22.3 Å². The van der Waals surface area contributed by atoms with Crippen molar-refractivity contribution in [1.29, 1.82) is 0 Å². The van der Waals surface area contributed by atoms with Gasteiger partial charge in [0.1, 0.15) is 5.01 Å². The minimum Gasteiger partial charge on any atom is -0.293 e. The number of rotatable bonds is 2. The Balaban J connectivity index is 2.18. The molecule has 0 saturated carbocycles. The smallest absolute Gasteiger partial charge is 0.293 e. The Labute approximate surface area is 110 Å². The van der Waals surface area contributed by atoms with Gasteiger partial charge in [0.2, 0.25) is 5.13 Å². The lowest BCUT2D eigenvalue weighted by Gasteiger charge is -2.03. The molecule has 2 rings (SSSR count). The molecule has 0 aliphatic heterocycles. The summed E-state index contributed by atoms with van der Waals surface area (Å²) in [6, 6.07) is 7.29. The summed E-state index contributed by atoms with van der Waals surface area (Å²) in [6.45, 7) is 1.89. The van der Waals surface area contributed by atoms with E-state index in [-0.39, 0.29) is 5.13 Å². The van der Waals surface area contributed by atoms with Gasteiger partial charge in [-0.25, -0.2) is 0 Å². The molecular weight excluding hydrogens is 279 g/mol. The Morgan fingerprint density at radius 3 is 2.68 bits per heavy atom. The number of hydrogen-bond donors (Lipinski definition) is 1. The fraction of sp³-hybridized carbons (Fsp3) is 0.182. The number of aryl methyl sites for hydroxylation is 1. The second-order valence-electron chi connectivity index (χ2n) is 3.73. The van der Waals surface area contributed by atoms with Gasteiger partial charge in [-0.1, -0.05) is 35.1 Å². The molecule has 100 valence electrons. The van der Waals surface area contributed by atoms with Crippen molar-refractivity contribution in [2.75, 3.05) is 5.32 Å². The van der Waals surface area contributed by atoms with Crippen molar-refractivity contribution < 1.29 is 18.0 Å². The van der Waals surface area contributed by atoms with E-state index in [1.54, 1.807) is 17.4 Å². The van der Waals surface area contributed by atoms with Crippen LogP contribution in [0.1, 0.15) is 5.56 Å². The molecule has 1 N–H and O–H groups in total. The first kappa shape index (κ1) is 13.5. The van der Waals surface area contributed by atoms with E-state index in [2.05, 4.69) is 10.2 Å². The third-order valence-electron chi connectivity index (χ3n) is 2.17. The summed E-state index contributed by atoms with van der Waals surface area (Å²) < 4.78 is 36.2. The topological polar surface area (TPSA) is 54.9 Å². The molecule has 1 aromatic heterocycles. The van der Waals surface area contributed by atoms with Crippen molar-refractivity contribution in [3.63, 3.8) is 0 Å². The van der Waals surface area contributed by atoms with Crippen LogP contribution in [0, 0.1) is 6.92 Å². The number of benzene rings is 1. The van der Waals surface area contributed by atoms with Crippen LogP contribution in [0.3, 0.4) is 0 Å². The van der Waals surface area contributed by atoms with Crippen molar-refractivity contribution in [1.82, 2.24) is 10.2 Å². The molecule has 0 fully saturated rings. The molecule has 0 atom stereocenters. The SMILES string of the molecule is Cc1cccc(-c2nnc(NC(=O)C(F)(F)F)s2)c1. The molecule has 0 aliphatic rings. The molecule has 0 radical (unpaired) electrons. The predicted octanol–water partition coefficient (Wildman–Crippen LogP) is 3.01. The van der Waals surface area contributed by atoms with Crippen LogP contribution >= 0.6 is 11.3 Å². The van der Waals surface area contributed by atoms with Crippen molar-refractivity contribution in [3.05, 3.63) is 29.8 Å². The average Bonchev–Trinajstić information content (AvgIpc) is 2.76. The molecule has 0 aliphatic carbocycles. The number of amides is 1. The number of carbonyl (C=O) groups excluding carboxylic acids is 1. The monoisotopic (exact) mass is 287 g/mol. The van der Waals surface area contributed by atoms with Gasteiger partial charge in [-0.2, -0.15) is 13.2 Å². The number of alkyl halides is 3. The molecule has 1 amide bonds. The number of carbonyl (C=O) groups is 1. The Kier molecular flexibility index (Phi) is 3.52. The van der Waals surface area contributed by atoms with Crippen LogP contribution in [0.2, 0.25) is 0 Å². The number of halogens is 3. The molecule has 0 saturated heterocycles. The van der Waals surface area contributed by atoms with E-state index in [0.29, 0.717) is 5.01 Å². The Hall–Kier alpha value is -1.96. The lowest BCUT2D eigenvalue weighted by molar-refractivity contribution is -0.167. The lowest BCUT2D eigenvalue weighted by Crippen LogP contribution is -2.29. The van der Waals surface area contributed by atoms with Crippen LogP contribution in [-0.2, 0) is 4.79 Å². The van der Waals surface area contributed by atoms with E-state index in [1.807, 2.05) is 19.1 Å². The van der Waals surface area contributed by atoms with E-state index < -0.39 is 12.1 Å². The molecule has 0 bridgehead atoms. The quantitative estimate of drug-likeness (QED) is 0.923. The highest BCUT2D eigenvalue weighted by atomic mass is 32.1. The van der Waals surface area contributed by atoms with Gasteiger partial charge in [0.25, 0.3) is 0 Å². The van der Waals surface area contributed by atoms with Crippen molar-refractivity contribution in [3.8, 4) is 10.6 Å². The number of aromatic nitrogens is 2. The Morgan fingerprint density at radius 2 is 2.05 bits per heavy atom. The number of nitrogens with zero attached hydrogens (tertiary/aromatic N) is 2. The number of anilines is 1. The van der Waals surface area contributed by atoms with Gasteiger partial charge >= 0.3 is 12.1 Å². The maximum Gasteiger partial charge on any atom is 0.471 e. The molecular formula is C11H8F3N3OS. The molecule has 0 unspecified atom stereocenters. The Morgan fingerprint density at radius 1 is 1.32 bits per heavy atom. The van der Waals surface area contributed by atoms with E-state index >= 15 is 0 Å². The normalized spacial score (nSPS) is 11.4. The summed E-state index contributed by atoms with van der Waals surface area (Å²) in [6.07, 6.45) is -4.94. The highest BCUT2D eigenvalue weighted by molar-refractivity contribution is 7.18. The summed E-state index contributed by atoms with van der Waals surface area (Å²) >= 11 is 0.885. The van der Waals surface area contributed by atoms with Gasteiger partial charge in [0.05, 0.1) is 0 Å². The fourth-order valence-electron chi connectivity index (χ4n) is 1.34. The molecule has 1 heterocycles. The molecule has 1 aromatic carbocycles. The maximum atomic E-state index is 12.1. The first-order chi connectivity index (χ1) is 8.86. The second kappa shape index (κ2) is 4.96. The van der Waals surface area contributed by atoms with E-state index in [9.17, 15) is 18.0 Å². The zero-order chi connectivity index (χ0) is 14.0. The standard InChI is InChI=1S/C11H8F3N3OS/c1-6-3-2-4-7(5-6)8-16-17-10(19-8)15-9(18)11(12,13)14/h2-5H,1H3,(H,15,17,18). The molecule has 4 nitrogen and oxygen atoms in total. The highest BCUT2D eigenvalue weighted by Crippen LogP contribution is 2.27. The minimum absolute atomic E-state index is 0.182. The van der Waals surface area contributed by atoms with Crippen molar-refractivity contribution in [2.24, 2.45) is 0 Å². The zero-order valence-corrected chi connectivity index (χ0v) is 10.5. The van der Waals surface area contributed by atoms with Gasteiger partial charge in [0, 0.05) is 5.56 Å². The first-order valence-corrected chi connectivity index (χ1v) is 5.96. The van der Waals surface area contributed by atoms with Crippen LogP contribution < -0.4 is 5.32 Å².